The number of carbonyl (C=O) groups is 1. The number of halogens is 4. The van der Waals surface area contributed by atoms with Crippen molar-refractivity contribution in [2.24, 2.45) is 0 Å². The van der Waals surface area contributed by atoms with Gasteiger partial charge in [-0.15, -0.1) is 0 Å². The molecule has 1 saturated heterocycles. The van der Waals surface area contributed by atoms with E-state index in [-0.39, 0.29) is 37.9 Å². The Hall–Kier alpha value is -1.52. The molecule has 2 unspecified atom stereocenters. The van der Waals surface area contributed by atoms with Crippen LogP contribution in [0, 0.1) is 0 Å². The van der Waals surface area contributed by atoms with E-state index in [1.165, 1.54) is 12.1 Å². The molecule has 0 aliphatic carbocycles. The van der Waals surface area contributed by atoms with Crippen LogP contribution in [0.15, 0.2) is 24.3 Å². The second-order valence-electron chi connectivity index (χ2n) is 5.07. The topological polar surface area (TPSA) is 66.0 Å². The number of nitrogens with one attached hydrogen (secondary N) is 1. The highest BCUT2D eigenvalue weighted by Crippen LogP contribution is 2.31. The largest absolute Gasteiger partial charge is 0.490 e. The van der Waals surface area contributed by atoms with Gasteiger partial charge in [0.05, 0.1) is 17.5 Å². The average molecular weight is 428 g/mol. The Bertz CT molecular complexity index is 572. The first-order valence-electron chi connectivity index (χ1n) is 7.42. The molecule has 0 saturated carbocycles. The summed E-state index contributed by atoms with van der Waals surface area (Å²) in [7, 11) is 0. The number of alkyl halides is 4. The highest BCUT2D eigenvalue weighted by molar-refractivity contribution is 9.09. The lowest BCUT2D eigenvalue weighted by molar-refractivity contribution is -0.137. The van der Waals surface area contributed by atoms with Crippen molar-refractivity contribution in [3.05, 3.63) is 29.8 Å². The van der Waals surface area contributed by atoms with E-state index in [4.69, 9.17) is 18.9 Å². The van der Waals surface area contributed by atoms with Crippen LogP contribution in [0.3, 0.4) is 0 Å². The number of hydrogen-bond donors (Lipinski definition) is 1. The van der Waals surface area contributed by atoms with Gasteiger partial charge in [0, 0.05) is 6.54 Å². The molecule has 0 spiro atoms. The van der Waals surface area contributed by atoms with E-state index in [2.05, 4.69) is 21.2 Å². The molecule has 10 heteroatoms. The lowest BCUT2D eigenvalue weighted by atomic mass is 10.2. The fourth-order valence-corrected chi connectivity index (χ4v) is 2.34. The van der Waals surface area contributed by atoms with E-state index in [1.54, 1.807) is 0 Å². The van der Waals surface area contributed by atoms with Crippen molar-refractivity contribution in [2.45, 2.75) is 18.6 Å². The molecule has 0 aromatic heterocycles. The van der Waals surface area contributed by atoms with Crippen LogP contribution >= 0.6 is 15.9 Å². The lowest BCUT2D eigenvalue weighted by Gasteiger charge is -2.12. The van der Waals surface area contributed by atoms with E-state index in [0.29, 0.717) is 11.9 Å². The fourth-order valence-electron chi connectivity index (χ4n) is 2.00. The molecule has 1 aliphatic rings. The van der Waals surface area contributed by atoms with Crippen LogP contribution in [0.1, 0.15) is 5.56 Å². The molecule has 140 valence electrons. The molecule has 25 heavy (non-hydrogen) atoms. The highest BCUT2D eigenvalue weighted by atomic mass is 79.9. The van der Waals surface area contributed by atoms with Crippen LogP contribution in [0.2, 0.25) is 0 Å². The zero-order valence-corrected chi connectivity index (χ0v) is 14.6. The third-order valence-corrected chi connectivity index (χ3v) is 3.69. The van der Waals surface area contributed by atoms with E-state index in [1.807, 2.05) is 0 Å². The van der Waals surface area contributed by atoms with Gasteiger partial charge in [-0.05, 0) is 18.2 Å². The summed E-state index contributed by atoms with van der Waals surface area (Å²) in [4.78, 5) is 11.5. The van der Waals surface area contributed by atoms with Crippen molar-refractivity contribution in [1.82, 2.24) is 5.32 Å². The molecule has 1 aromatic carbocycles. The molecule has 1 fully saturated rings. The predicted octanol–water partition coefficient (Wildman–Crippen LogP) is 2.95. The molecule has 0 radical (unpaired) electrons. The molecule has 1 amide bonds. The minimum atomic E-state index is -4.43. The van der Waals surface area contributed by atoms with Gasteiger partial charge in [-0.2, -0.15) is 13.2 Å². The van der Waals surface area contributed by atoms with E-state index in [0.717, 1.165) is 12.1 Å². The number of hydrogen-bond acceptors (Lipinski definition) is 5. The minimum absolute atomic E-state index is 0.0520. The summed E-state index contributed by atoms with van der Waals surface area (Å²) >= 11 is 3.22. The first kappa shape index (κ1) is 19.8. The molecule has 1 N–H and O–H groups in total. The molecule has 1 heterocycles. The summed E-state index contributed by atoms with van der Waals surface area (Å²) < 4.78 is 58.4. The molecule has 6 nitrogen and oxygen atoms in total. The maximum Gasteiger partial charge on any atom is 0.416 e. The maximum absolute atomic E-state index is 12.6. The third-order valence-electron chi connectivity index (χ3n) is 3.16. The molecule has 2 rings (SSSR count). The van der Waals surface area contributed by atoms with Gasteiger partial charge in [-0.25, -0.2) is 4.79 Å². The lowest BCUT2D eigenvalue weighted by Crippen LogP contribution is -2.34. The number of benzene rings is 1. The summed E-state index contributed by atoms with van der Waals surface area (Å²) in [5.41, 5.74) is -0.802. The fraction of sp³-hybridized carbons (Fsp3) is 0.533. The molecule has 0 bridgehead atoms. The molecule has 1 aromatic rings. The molecular weight excluding hydrogens is 411 g/mol. The average Bonchev–Trinajstić information content (AvgIpc) is 3.04. The van der Waals surface area contributed by atoms with Crippen molar-refractivity contribution >= 4 is 22.0 Å². The minimum Gasteiger partial charge on any atom is -0.490 e. The SMILES string of the molecule is O=C(NCC1COC(CBr)O1)OCCOc1cccc(C(F)(F)F)c1. The van der Waals surface area contributed by atoms with Crippen LogP contribution in [0.4, 0.5) is 18.0 Å². The Labute approximate surface area is 150 Å². The van der Waals surface area contributed by atoms with Gasteiger partial charge >= 0.3 is 12.3 Å². The van der Waals surface area contributed by atoms with Gasteiger partial charge in [-0.1, -0.05) is 22.0 Å². The number of carbonyl (C=O) groups excluding carboxylic acids is 1. The smallest absolute Gasteiger partial charge is 0.416 e. The van der Waals surface area contributed by atoms with E-state index in [9.17, 15) is 18.0 Å². The predicted molar refractivity (Wildman–Crippen MR) is 84.7 cm³/mol. The first-order valence-corrected chi connectivity index (χ1v) is 8.54. The molecular formula is C15H17BrF3NO5. The van der Waals surface area contributed by atoms with Crippen molar-refractivity contribution in [1.29, 1.82) is 0 Å². The summed E-state index contributed by atoms with van der Waals surface area (Å²) in [6.07, 6.45) is -5.69. The summed E-state index contributed by atoms with van der Waals surface area (Å²) in [5, 5.41) is 3.05. The number of rotatable bonds is 7. The first-order chi connectivity index (χ1) is 11.9. The monoisotopic (exact) mass is 427 g/mol. The number of ether oxygens (including phenoxy) is 4. The Kier molecular flexibility index (Phi) is 7.33. The van der Waals surface area contributed by atoms with Crippen molar-refractivity contribution in [2.75, 3.05) is 31.7 Å². The van der Waals surface area contributed by atoms with Crippen LogP contribution in [-0.2, 0) is 20.4 Å². The van der Waals surface area contributed by atoms with Gasteiger partial charge in [0.1, 0.15) is 25.1 Å². The van der Waals surface area contributed by atoms with Gasteiger partial charge in [0.25, 0.3) is 0 Å². The Morgan fingerprint density at radius 3 is 2.84 bits per heavy atom. The summed E-state index contributed by atoms with van der Waals surface area (Å²) in [6, 6.07) is 4.48. The Morgan fingerprint density at radius 1 is 1.36 bits per heavy atom. The quantitative estimate of drug-likeness (QED) is 0.535. The van der Waals surface area contributed by atoms with Crippen molar-refractivity contribution < 1.29 is 36.9 Å². The number of alkyl carbamates (subject to hydrolysis) is 1. The standard InChI is InChI=1S/C15H17BrF3NO5/c16-7-13-24-9-12(25-13)8-20-14(21)23-5-4-22-11-3-1-2-10(6-11)15(17,18)19/h1-3,6,12-13H,4-5,7-9H2,(H,20,21). The van der Waals surface area contributed by atoms with Crippen molar-refractivity contribution in [3.8, 4) is 5.75 Å². The van der Waals surface area contributed by atoms with Crippen LogP contribution in [-0.4, -0.2) is 50.2 Å². The molecule has 2 atom stereocenters. The maximum atomic E-state index is 12.6. The zero-order chi connectivity index (χ0) is 18.3. The Morgan fingerprint density at radius 2 is 2.16 bits per heavy atom. The van der Waals surface area contributed by atoms with Gasteiger partial charge in [0.15, 0.2) is 6.29 Å². The number of amides is 1. The second-order valence-corrected chi connectivity index (χ2v) is 5.71. The Balaban J connectivity index is 1.62. The second kappa shape index (κ2) is 9.25. The van der Waals surface area contributed by atoms with Gasteiger partial charge < -0.3 is 24.3 Å². The van der Waals surface area contributed by atoms with E-state index >= 15 is 0 Å². The summed E-state index contributed by atoms with van der Waals surface area (Å²) in [6.45, 7) is 0.434. The molecule has 1 aliphatic heterocycles. The van der Waals surface area contributed by atoms with Crippen LogP contribution < -0.4 is 10.1 Å². The normalized spacial score (nSPS) is 20.3. The van der Waals surface area contributed by atoms with E-state index < -0.39 is 17.8 Å². The van der Waals surface area contributed by atoms with Gasteiger partial charge in [0.2, 0.25) is 0 Å². The van der Waals surface area contributed by atoms with Crippen molar-refractivity contribution in [3.63, 3.8) is 0 Å². The summed E-state index contributed by atoms with van der Waals surface area (Å²) in [5.74, 6) is 0.0520. The zero-order valence-electron chi connectivity index (χ0n) is 13.1. The third kappa shape index (κ3) is 6.71. The van der Waals surface area contributed by atoms with Crippen LogP contribution in [0.5, 0.6) is 5.75 Å². The highest BCUT2D eigenvalue weighted by Gasteiger charge is 2.30. The van der Waals surface area contributed by atoms with Gasteiger partial charge in [-0.3, -0.25) is 0 Å². The van der Waals surface area contributed by atoms with Crippen LogP contribution in [0.25, 0.3) is 0 Å².